The molecule has 1 aromatic heterocycles. The van der Waals surface area contributed by atoms with E-state index < -0.39 is 33.2 Å². The van der Waals surface area contributed by atoms with Crippen molar-refractivity contribution in [3.05, 3.63) is 60.4 Å². The molecule has 2 aromatic carbocycles. The molecule has 0 spiro atoms. The van der Waals surface area contributed by atoms with E-state index in [-0.39, 0.29) is 45.7 Å². The summed E-state index contributed by atoms with van der Waals surface area (Å²) < 4.78 is 76.8. The van der Waals surface area contributed by atoms with E-state index in [1.807, 2.05) is 0 Å². The standard InChI is InChI=1S/C20H17F3N4O3S2/c21-20(22,23)19-25-17(13-5-2-1-3-6-13)16(18(26-19)27-9-10-31(28)12-27)14-7-4-8-15(11-14)32(24,29)30/h1-8,11H,9-10,12H2,(H2,24,29,30). The first-order valence-electron chi connectivity index (χ1n) is 9.32. The van der Waals surface area contributed by atoms with Crippen molar-refractivity contribution in [1.82, 2.24) is 9.97 Å². The number of anilines is 1. The van der Waals surface area contributed by atoms with E-state index in [4.69, 9.17) is 5.14 Å². The number of halogens is 3. The maximum Gasteiger partial charge on any atom is 0.451 e. The summed E-state index contributed by atoms with van der Waals surface area (Å²) >= 11 is -1.25. The van der Waals surface area contributed by atoms with Crippen LogP contribution in [0.15, 0.2) is 59.5 Å². The smallest absolute Gasteiger partial charge is 0.451 e. The lowest BCUT2D eigenvalue weighted by atomic mass is 9.99. The molecule has 12 heteroatoms. The molecule has 32 heavy (non-hydrogen) atoms. The molecule has 0 amide bonds. The Morgan fingerprint density at radius 1 is 1.03 bits per heavy atom. The largest absolute Gasteiger partial charge is 0.615 e. The third kappa shape index (κ3) is 4.58. The van der Waals surface area contributed by atoms with E-state index in [1.165, 1.54) is 23.1 Å². The molecule has 0 bridgehead atoms. The van der Waals surface area contributed by atoms with Crippen molar-refractivity contribution in [1.29, 1.82) is 0 Å². The summed E-state index contributed by atoms with van der Waals surface area (Å²) in [5, 5.41) is 5.25. The monoisotopic (exact) mass is 482 g/mol. The number of sulfonamides is 1. The highest BCUT2D eigenvalue weighted by Crippen LogP contribution is 2.41. The van der Waals surface area contributed by atoms with Crippen LogP contribution in [0.5, 0.6) is 0 Å². The zero-order valence-electron chi connectivity index (χ0n) is 16.4. The SMILES string of the molecule is NS(=O)(=O)c1cccc(-c2c(-c3ccccc3)nc(C(F)(F)F)nc2N2CC[S+]([O-])C2)c1. The lowest BCUT2D eigenvalue weighted by Gasteiger charge is -2.22. The van der Waals surface area contributed by atoms with Crippen molar-refractivity contribution in [2.45, 2.75) is 11.1 Å². The Balaban J connectivity index is 2.06. The van der Waals surface area contributed by atoms with Gasteiger partial charge in [-0.25, -0.2) is 23.5 Å². The molecular formula is C20H17F3N4O3S2. The van der Waals surface area contributed by atoms with E-state index in [0.717, 1.165) is 0 Å². The van der Waals surface area contributed by atoms with Crippen LogP contribution in [0.3, 0.4) is 0 Å². The number of benzene rings is 2. The highest BCUT2D eigenvalue weighted by molar-refractivity contribution is 7.91. The zero-order valence-corrected chi connectivity index (χ0v) is 18.0. The number of nitrogens with two attached hydrogens (primary N) is 1. The lowest BCUT2D eigenvalue weighted by molar-refractivity contribution is -0.144. The van der Waals surface area contributed by atoms with Crippen molar-refractivity contribution < 1.29 is 26.1 Å². The molecule has 1 unspecified atom stereocenters. The van der Waals surface area contributed by atoms with Gasteiger partial charge in [0.25, 0.3) is 0 Å². The molecule has 168 valence electrons. The zero-order chi connectivity index (χ0) is 23.1. The molecule has 2 N–H and O–H groups in total. The van der Waals surface area contributed by atoms with Gasteiger partial charge in [0, 0.05) is 5.56 Å². The molecule has 7 nitrogen and oxygen atoms in total. The van der Waals surface area contributed by atoms with Crippen molar-refractivity contribution in [2.75, 3.05) is 23.1 Å². The fourth-order valence-electron chi connectivity index (χ4n) is 3.39. The first kappa shape index (κ1) is 22.5. The molecule has 1 atom stereocenters. The first-order valence-corrected chi connectivity index (χ1v) is 12.4. The van der Waals surface area contributed by atoms with Crippen LogP contribution in [0.25, 0.3) is 22.4 Å². The molecule has 0 aliphatic carbocycles. The molecule has 3 aromatic rings. The van der Waals surface area contributed by atoms with Crippen LogP contribution in [0, 0.1) is 0 Å². The molecule has 1 saturated heterocycles. The molecule has 0 saturated carbocycles. The lowest BCUT2D eigenvalue weighted by Crippen LogP contribution is -2.25. The van der Waals surface area contributed by atoms with E-state index in [0.29, 0.717) is 5.56 Å². The Morgan fingerprint density at radius 3 is 2.31 bits per heavy atom. The summed E-state index contributed by atoms with van der Waals surface area (Å²) in [5.41, 5.74) is 0.843. The second kappa shape index (κ2) is 8.35. The van der Waals surface area contributed by atoms with Gasteiger partial charge >= 0.3 is 6.18 Å². The third-order valence-electron chi connectivity index (χ3n) is 4.83. The quantitative estimate of drug-likeness (QED) is 0.572. The number of alkyl halides is 3. The van der Waals surface area contributed by atoms with Gasteiger partial charge < -0.3 is 9.45 Å². The van der Waals surface area contributed by atoms with Gasteiger partial charge in [0.05, 0.1) is 22.7 Å². The van der Waals surface area contributed by atoms with Gasteiger partial charge in [0.2, 0.25) is 15.8 Å². The summed E-state index contributed by atoms with van der Waals surface area (Å²) in [6, 6.07) is 13.8. The number of nitrogens with zero attached hydrogens (tertiary/aromatic N) is 3. The van der Waals surface area contributed by atoms with Crippen LogP contribution >= 0.6 is 0 Å². The molecule has 1 aliphatic heterocycles. The van der Waals surface area contributed by atoms with Gasteiger partial charge in [0.15, 0.2) is 5.88 Å². The summed E-state index contributed by atoms with van der Waals surface area (Å²) in [6.07, 6.45) is -4.82. The Labute approximate surface area is 185 Å². The summed E-state index contributed by atoms with van der Waals surface area (Å²) in [4.78, 5) is 8.90. The Hall–Kier alpha value is -2.67. The minimum absolute atomic E-state index is 0.00438. The molecule has 1 aliphatic rings. The predicted octanol–water partition coefficient (Wildman–Crippen LogP) is 3.00. The van der Waals surface area contributed by atoms with E-state index in [9.17, 15) is 26.1 Å². The molecule has 2 heterocycles. The minimum atomic E-state index is -4.82. The third-order valence-corrected chi connectivity index (χ3v) is 6.98. The van der Waals surface area contributed by atoms with Gasteiger partial charge in [-0.05, 0) is 28.9 Å². The summed E-state index contributed by atoms with van der Waals surface area (Å²) in [6.45, 7) is 0.233. The van der Waals surface area contributed by atoms with E-state index >= 15 is 0 Å². The number of rotatable bonds is 4. The van der Waals surface area contributed by atoms with E-state index in [2.05, 4.69) is 9.97 Å². The summed E-state index contributed by atoms with van der Waals surface area (Å²) in [7, 11) is -4.07. The fraction of sp³-hybridized carbons (Fsp3) is 0.200. The summed E-state index contributed by atoms with van der Waals surface area (Å²) in [5.74, 6) is -1.12. The predicted molar refractivity (Wildman–Crippen MR) is 115 cm³/mol. The van der Waals surface area contributed by atoms with Crippen LogP contribution in [0.4, 0.5) is 19.0 Å². The second-order valence-corrected chi connectivity index (χ2v) is 10.2. The van der Waals surface area contributed by atoms with Gasteiger partial charge in [-0.3, -0.25) is 0 Å². The van der Waals surface area contributed by atoms with Crippen LogP contribution in [-0.4, -0.2) is 41.1 Å². The first-order chi connectivity index (χ1) is 15.0. The maximum absolute atomic E-state index is 13.7. The van der Waals surface area contributed by atoms with Crippen LogP contribution in [0.1, 0.15) is 5.82 Å². The Kier molecular flexibility index (Phi) is 5.88. The highest BCUT2D eigenvalue weighted by Gasteiger charge is 2.38. The highest BCUT2D eigenvalue weighted by atomic mass is 32.2. The number of aromatic nitrogens is 2. The maximum atomic E-state index is 13.7. The number of hydrogen-bond donors (Lipinski definition) is 1. The molecule has 0 radical (unpaired) electrons. The van der Waals surface area contributed by atoms with Crippen LogP contribution in [-0.2, 0) is 27.4 Å². The van der Waals surface area contributed by atoms with Crippen molar-refractivity contribution in [3.8, 4) is 22.4 Å². The van der Waals surface area contributed by atoms with Gasteiger partial charge in [-0.2, -0.15) is 13.2 Å². The topological polar surface area (TPSA) is 112 Å². The van der Waals surface area contributed by atoms with E-state index in [1.54, 1.807) is 36.4 Å². The average molecular weight is 483 g/mol. The number of primary sulfonamides is 1. The van der Waals surface area contributed by atoms with Crippen molar-refractivity contribution in [2.24, 2.45) is 5.14 Å². The van der Waals surface area contributed by atoms with Crippen LogP contribution in [0.2, 0.25) is 0 Å². The number of hydrogen-bond acceptors (Lipinski definition) is 6. The molecule has 1 fully saturated rings. The Bertz CT molecular complexity index is 1250. The normalized spacial score (nSPS) is 17.0. The van der Waals surface area contributed by atoms with Gasteiger partial charge in [-0.1, -0.05) is 42.5 Å². The average Bonchev–Trinajstić information content (AvgIpc) is 3.18. The molecular weight excluding hydrogens is 465 g/mol. The van der Waals surface area contributed by atoms with Gasteiger partial charge in [0.1, 0.15) is 11.6 Å². The fourth-order valence-corrected chi connectivity index (χ4v) is 5.10. The van der Waals surface area contributed by atoms with Gasteiger partial charge in [-0.15, -0.1) is 0 Å². The Morgan fingerprint density at radius 2 is 1.72 bits per heavy atom. The second-order valence-electron chi connectivity index (χ2n) is 7.07. The van der Waals surface area contributed by atoms with Crippen molar-refractivity contribution >= 4 is 27.0 Å². The minimum Gasteiger partial charge on any atom is -0.615 e. The van der Waals surface area contributed by atoms with Crippen LogP contribution < -0.4 is 10.0 Å². The molecule has 4 rings (SSSR count). The van der Waals surface area contributed by atoms with Crippen molar-refractivity contribution in [3.63, 3.8) is 0 Å².